The third kappa shape index (κ3) is 3.33. The number of ether oxygens (including phenoxy) is 2. The zero-order valence-corrected chi connectivity index (χ0v) is 11.0. The Bertz CT molecular complexity index is 485. The summed E-state index contributed by atoms with van der Waals surface area (Å²) in [6.45, 7) is 4.84. The van der Waals surface area contributed by atoms with E-state index in [1.807, 2.05) is 19.9 Å². The summed E-state index contributed by atoms with van der Waals surface area (Å²) in [4.78, 5) is 4.09. The van der Waals surface area contributed by atoms with Crippen molar-refractivity contribution in [3.05, 3.63) is 22.8 Å². The Morgan fingerprint density at radius 3 is 3.00 bits per heavy atom. The highest BCUT2D eigenvalue weighted by Crippen LogP contribution is 2.22. The molecule has 0 aliphatic carbocycles. The van der Waals surface area contributed by atoms with Gasteiger partial charge in [-0.25, -0.2) is 4.98 Å². The molecule has 2 rings (SSSR count). The Morgan fingerprint density at radius 1 is 1.61 bits per heavy atom. The quantitative estimate of drug-likeness (QED) is 0.850. The minimum absolute atomic E-state index is 0.0358. The van der Waals surface area contributed by atoms with Crippen LogP contribution in [0.1, 0.15) is 19.4 Å². The number of nitrogens with zero attached hydrogens (tertiary/aromatic N) is 2. The SMILES string of the molecule is CC1(C)OCC(CNc2cc(C#N)cc(Cl)n2)O1. The van der Waals surface area contributed by atoms with Crippen molar-refractivity contribution in [3.8, 4) is 6.07 Å². The molecule has 1 fully saturated rings. The number of pyridine rings is 1. The van der Waals surface area contributed by atoms with Crippen molar-refractivity contribution < 1.29 is 9.47 Å². The van der Waals surface area contributed by atoms with Crippen molar-refractivity contribution >= 4 is 17.4 Å². The summed E-state index contributed by atoms with van der Waals surface area (Å²) in [7, 11) is 0. The van der Waals surface area contributed by atoms with Crippen LogP contribution in [0.2, 0.25) is 5.15 Å². The molecule has 1 saturated heterocycles. The Balaban J connectivity index is 1.95. The van der Waals surface area contributed by atoms with E-state index in [9.17, 15) is 0 Å². The molecule has 0 amide bonds. The fourth-order valence-electron chi connectivity index (χ4n) is 1.73. The van der Waals surface area contributed by atoms with Gasteiger partial charge < -0.3 is 14.8 Å². The van der Waals surface area contributed by atoms with Gasteiger partial charge in [-0.1, -0.05) is 11.6 Å². The highest BCUT2D eigenvalue weighted by atomic mass is 35.5. The fourth-order valence-corrected chi connectivity index (χ4v) is 1.94. The van der Waals surface area contributed by atoms with E-state index in [-0.39, 0.29) is 6.10 Å². The molecule has 0 spiro atoms. The number of rotatable bonds is 3. The summed E-state index contributed by atoms with van der Waals surface area (Å²) in [5, 5.41) is 12.2. The van der Waals surface area contributed by atoms with Crippen LogP contribution in [0, 0.1) is 11.3 Å². The Morgan fingerprint density at radius 2 is 2.39 bits per heavy atom. The van der Waals surface area contributed by atoms with Gasteiger partial charge in [0.05, 0.1) is 18.2 Å². The van der Waals surface area contributed by atoms with Gasteiger partial charge in [0.25, 0.3) is 0 Å². The average Bonchev–Trinajstić information content (AvgIpc) is 2.65. The molecule has 1 aromatic heterocycles. The lowest BCUT2D eigenvalue weighted by Crippen LogP contribution is -2.26. The summed E-state index contributed by atoms with van der Waals surface area (Å²) in [6, 6.07) is 5.19. The van der Waals surface area contributed by atoms with E-state index in [1.54, 1.807) is 6.07 Å². The topological polar surface area (TPSA) is 67.2 Å². The maximum Gasteiger partial charge on any atom is 0.163 e. The predicted octanol–water partition coefficient (Wildman–Crippen LogP) is 2.17. The summed E-state index contributed by atoms with van der Waals surface area (Å²) >= 11 is 5.81. The van der Waals surface area contributed by atoms with Crippen LogP contribution < -0.4 is 5.32 Å². The third-order valence-electron chi connectivity index (χ3n) is 2.50. The highest BCUT2D eigenvalue weighted by molar-refractivity contribution is 6.29. The van der Waals surface area contributed by atoms with Crippen LogP contribution in [0.25, 0.3) is 0 Å². The van der Waals surface area contributed by atoms with E-state index in [1.165, 1.54) is 6.07 Å². The summed E-state index contributed by atoms with van der Waals surface area (Å²) in [5.74, 6) is 0.0266. The molecule has 5 nitrogen and oxygen atoms in total. The van der Waals surface area contributed by atoms with Gasteiger partial charge in [0.1, 0.15) is 17.1 Å². The third-order valence-corrected chi connectivity index (χ3v) is 2.69. The molecule has 1 aliphatic rings. The average molecular weight is 268 g/mol. The standard InChI is InChI=1S/C12H14ClN3O2/c1-12(2)17-7-9(18-12)6-15-11-4-8(5-14)3-10(13)16-11/h3-4,9H,6-7H2,1-2H3,(H,15,16). The molecule has 96 valence electrons. The Labute approximate surface area is 111 Å². The molecule has 1 aliphatic heterocycles. The van der Waals surface area contributed by atoms with Crippen LogP contribution in [0.3, 0.4) is 0 Å². The van der Waals surface area contributed by atoms with E-state index in [0.29, 0.717) is 29.7 Å². The molecule has 1 atom stereocenters. The number of nitriles is 1. The van der Waals surface area contributed by atoms with Crippen molar-refractivity contribution in [1.29, 1.82) is 5.26 Å². The maximum atomic E-state index is 8.83. The smallest absolute Gasteiger partial charge is 0.163 e. The number of nitrogens with one attached hydrogen (secondary N) is 1. The van der Waals surface area contributed by atoms with Crippen LogP contribution in [0.15, 0.2) is 12.1 Å². The van der Waals surface area contributed by atoms with Crippen LogP contribution >= 0.6 is 11.6 Å². The number of anilines is 1. The first-order chi connectivity index (χ1) is 8.48. The fraction of sp³-hybridized carbons (Fsp3) is 0.500. The van der Waals surface area contributed by atoms with Gasteiger partial charge >= 0.3 is 0 Å². The molecular weight excluding hydrogens is 254 g/mol. The first-order valence-corrected chi connectivity index (χ1v) is 6.00. The monoisotopic (exact) mass is 267 g/mol. The van der Waals surface area contributed by atoms with Crippen LogP contribution in [0.5, 0.6) is 0 Å². The zero-order valence-electron chi connectivity index (χ0n) is 10.2. The van der Waals surface area contributed by atoms with Crippen molar-refractivity contribution in [2.24, 2.45) is 0 Å². The molecular formula is C12H14ClN3O2. The Kier molecular flexibility index (Phi) is 3.71. The van der Waals surface area contributed by atoms with E-state index >= 15 is 0 Å². The molecule has 18 heavy (non-hydrogen) atoms. The normalized spacial score (nSPS) is 21.6. The maximum absolute atomic E-state index is 8.83. The molecule has 1 aromatic rings. The van der Waals surface area contributed by atoms with Crippen LogP contribution in [0.4, 0.5) is 5.82 Å². The number of hydrogen-bond acceptors (Lipinski definition) is 5. The van der Waals surface area contributed by atoms with Gasteiger partial charge in [-0.05, 0) is 26.0 Å². The first kappa shape index (κ1) is 13.1. The molecule has 0 radical (unpaired) electrons. The van der Waals surface area contributed by atoms with Crippen molar-refractivity contribution in [1.82, 2.24) is 4.98 Å². The van der Waals surface area contributed by atoms with Crippen molar-refractivity contribution in [2.45, 2.75) is 25.7 Å². The predicted molar refractivity (Wildman–Crippen MR) is 67.4 cm³/mol. The van der Waals surface area contributed by atoms with Gasteiger partial charge in [0.15, 0.2) is 5.79 Å². The minimum Gasteiger partial charge on any atom is -0.367 e. The van der Waals surface area contributed by atoms with E-state index in [2.05, 4.69) is 10.3 Å². The van der Waals surface area contributed by atoms with E-state index < -0.39 is 5.79 Å². The molecule has 1 unspecified atom stereocenters. The minimum atomic E-state index is -0.536. The highest BCUT2D eigenvalue weighted by Gasteiger charge is 2.32. The second kappa shape index (κ2) is 5.11. The molecule has 0 bridgehead atoms. The molecule has 0 saturated carbocycles. The molecule has 2 heterocycles. The van der Waals surface area contributed by atoms with Gasteiger partial charge in [-0.3, -0.25) is 0 Å². The molecule has 1 N–H and O–H groups in total. The van der Waals surface area contributed by atoms with Gasteiger partial charge in [-0.2, -0.15) is 5.26 Å². The van der Waals surface area contributed by atoms with Crippen molar-refractivity contribution in [3.63, 3.8) is 0 Å². The van der Waals surface area contributed by atoms with Crippen LogP contribution in [-0.2, 0) is 9.47 Å². The van der Waals surface area contributed by atoms with Gasteiger partial charge in [0, 0.05) is 6.54 Å². The second-order valence-corrected chi connectivity index (χ2v) is 4.89. The lowest BCUT2D eigenvalue weighted by Gasteiger charge is -2.17. The summed E-state index contributed by atoms with van der Waals surface area (Å²) < 4.78 is 11.1. The largest absolute Gasteiger partial charge is 0.367 e. The first-order valence-electron chi connectivity index (χ1n) is 5.62. The van der Waals surface area contributed by atoms with Crippen molar-refractivity contribution in [2.75, 3.05) is 18.5 Å². The Hall–Kier alpha value is -1.35. The number of halogens is 1. The lowest BCUT2D eigenvalue weighted by atomic mass is 10.3. The molecule has 6 heteroatoms. The van der Waals surface area contributed by atoms with E-state index in [0.717, 1.165) is 0 Å². The molecule has 0 aromatic carbocycles. The number of aromatic nitrogens is 1. The number of hydrogen-bond donors (Lipinski definition) is 1. The lowest BCUT2D eigenvalue weighted by molar-refractivity contribution is -0.136. The second-order valence-electron chi connectivity index (χ2n) is 4.51. The summed E-state index contributed by atoms with van der Waals surface area (Å²) in [6.07, 6.45) is -0.0358. The van der Waals surface area contributed by atoms with E-state index in [4.69, 9.17) is 26.3 Å². The van der Waals surface area contributed by atoms with Crippen LogP contribution in [-0.4, -0.2) is 30.0 Å². The van der Waals surface area contributed by atoms with Gasteiger partial charge in [-0.15, -0.1) is 0 Å². The summed E-state index contributed by atoms with van der Waals surface area (Å²) in [5.41, 5.74) is 0.474. The van der Waals surface area contributed by atoms with Gasteiger partial charge in [0.2, 0.25) is 0 Å². The zero-order chi connectivity index (χ0) is 13.2.